The zero-order chi connectivity index (χ0) is 18.1. The van der Waals surface area contributed by atoms with Gasteiger partial charge in [-0.25, -0.2) is 0 Å². The van der Waals surface area contributed by atoms with Gasteiger partial charge in [0.1, 0.15) is 5.60 Å². The summed E-state index contributed by atoms with van der Waals surface area (Å²) in [7, 11) is 0. The number of ether oxygens (including phenoxy) is 2. The highest BCUT2D eigenvalue weighted by Crippen LogP contribution is 2.40. The summed E-state index contributed by atoms with van der Waals surface area (Å²) in [6, 6.07) is 16.4. The minimum atomic E-state index is -0.556. The molecule has 0 aromatic heterocycles. The SMILES string of the molecule is CC(=NO)c1ccc(Sc2cccc(C3(C)COC(C)(C)O3)c2)cc1. The van der Waals surface area contributed by atoms with E-state index in [9.17, 15) is 0 Å². The summed E-state index contributed by atoms with van der Waals surface area (Å²) in [5.41, 5.74) is 2.20. The molecule has 0 saturated carbocycles. The molecule has 25 heavy (non-hydrogen) atoms. The van der Waals surface area contributed by atoms with Crippen LogP contribution in [0.15, 0.2) is 63.5 Å². The lowest BCUT2D eigenvalue weighted by molar-refractivity contribution is -0.159. The van der Waals surface area contributed by atoms with Gasteiger partial charge in [-0.2, -0.15) is 0 Å². The van der Waals surface area contributed by atoms with Gasteiger partial charge < -0.3 is 14.7 Å². The molecule has 0 aliphatic carbocycles. The van der Waals surface area contributed by atoms with Crippen LogP contribution in [0.4, 0.5) is 0 Å². The quantitative estimate of drug-likeness (QED) is 0.473. The van der Waals surface area contributed by atoms with Crippen LogP contribution in [0.1, 0.15) is 38.8 Å². The standard InChI is InChI=1S/C20H23NO3S/c1-14(21-22)15-8-10-17(11-9-15)25-18-7-5-6-16(12-18)20(4)13-23-19(2,3)24-20/h5-12,22H,13H2,1-4H3. The average Bonchev–Trinajstić information content (AvgIpc) is 2.89. The molecule has 1 unspecified atom stereocenters. The van der Waals surface area contributed by atoms with E-state index < -0.39 is 11.4 Å². The van der Waals surface area contributed by atoms with Crippen LogP contribution in [0.5, 0.6) is 0 Å². The van der Waals surface area contributed by atoms with Gasteiger partial charge in [0.05, 0.1) is 12.3 Å². The Hall–Kier alpha value is -1.82. The highest BCUT2D eigenvalue weighted by molar-refractivity contribution is 7.99. The zero-order valence-corrected chi connectivity index (χ0v) is 15.8. The Labute approximate surface area is 152 Å². The molecule has 1 heterocycles. The highest BCUT2D eigenvalue weighted by Gasteiger charge is 2.43. The Morgan fingerprint density at radius 1 is 1.08 bits per heavy atom. The third-order valence-corrected chi connectivity index (χ3v) is 5.27. The van der Waals surface area contributed by atoms with Crippen molar-refractivity contribution in [2.24, 2.45) is 5.16 Å². The number of rotatable bonds is 4. The Balaban J connectivity index is 1.78. The predicted octanol–water partition coefficient (Wildman–Crippen LogP) is 5.03. The number of hydrogen-bond donors (Lipinski definition) is 1. The van der Waals surface area contributed by atoms with Crippen molar-refractivity contribution in [1.29, 1.82) is 0 Å². The molecule has 3 rings (SSSR count). The van der Waals surface area contributed by atoms with E-state index in [0.29, 0.717) is 12.3 Å². The van der Waals surface area contributed by atoms with Gasteiger partial charge in [0.2, 0.25) is 0 Å². The van der Waals surface area contributed by atoms with Crippen LogP contribution in [0.25, 0.3) is 0 Å². The second-order valence-corrected chi connectivity index (χ2v) is 8.01. The molecule has 0 radical (unpaired) electrons. The van der Waals surface area contributed by atoms with E-state index >= 15 is 0 Å². The zero-order valence-electron chi connectivity index (χ0n) is 14.9. The number of hydrogen-bond acceptors (Lipinski definition) is 5. The van der Waals surface area contributed by atoms with Gasteiger partial charge in [0.25, 0.3) is 0 Å². The second kappa shape index (κ2) is 6.83. The molecule has 1 fully saturated rings. The Kier molecular flexibility index (Phi) is 4.91. The van der Waals surface area contributed by atoms with Gasteiger partial charge in [-0.05, 0) is 63.1 Å². The van der Waals surface area contributed by atoms with Crippen LogP contribution in [0.3, 0.4) is 0 Å². The lowest BCUT2D eigenvalue weighted by atomic mass is 9.97. The van der Waals surface area contributed by atoms with E-state index in [0.717, 1.165) is 20.9 Å². The highest BCUT2D eigenvalue weighted by atomic mass is 32.2. The molecule has 132 valence electrons. The minimum Gasteiger partial charge on any atom is -0.411 e. The van der Waals surface area contributed by atoms with E-state index in [1.807, 2.05) is 38.1 Å². The Morgan fingerprint density at radius 3 is 2.40 bits per heavy atom. The fourth-order valence-electron chi connectivity index (χ4n) is 2.90. The van der Waals surface area contributed by atoms with E-state index in [4.69, 9.17) is 14.7 Å². The first-order valence-corrected chi connectivity index (χ1v) is 9.05. The van der Waals surface area contributed by atoms with Crippen LogP contribution >= 0.6 is 11.8 Å². The third-order valence-electron chi connectivity index (χ3n) is 4.27. The Bertz CT molecular complexity index is 786. The summed E-state index contributed by atoms with van der Waals surface area (Å²) in [6.07, 6.45) is 0. The van der Waals surface area contributed by atoms with E-state index in [1.165, 1.54) is 0 Å². The van der Waals surface area contributed by atoms with Crippen LogP contribution in [-0.4, -0.2) is 23.3 Å². The van der Waals surface area contributed by atoms with Gasteiger partial charge >= 0.3 is 0 Å². The summed E-state index contributed by atoms with van der Waals surface area (Å²) in [5.74, 6) is -0.556. The molecule has 0 spiro atoms. The predicted molar refractivity (Wildman–Crippen MR) is 99.5 cm³/mol. The van der Waals surface area contributed by atoms with E-state index in [1.54, 1.807) is 18.7 Å². The maximum absolute atomic E-state index is 8.85. The van der Waals surface area contributed by atoms with Crippen molar-refractivity contribution in [2.75, 3.05) is 6.61 Å². The normalized spacial score (nSPS) is 23.0. The Morgan fingerprint density at radius 2 is 1.80 bits per heavy atom. The van der Waals surface area contributed by atoms with Crippen molar-refractivity contribution >= 4 is 17.5 Å². The van der Waals surface area contributed by atoms with Crippen molar-refractivity contribution in [2.45, 2.75) is 48.9 Å². The lowest BCUT2D eigenvalue weighted by Gasteiger charge is -2.26. The second-order valence-electron chi connectivity index (χ2n) is 6.86. The molecule has 1 N–H and O–H groups in total. The first kappa shape index (κ1) is 18.0. The van der Waals surface area contributed by atoms with E-state index in [-0.39, 0.29) is 0 Å². The first-order chi connectivity index (χ1) is 11.8. The maximum Gasteiger partial charge on any atom is 0.164 e. The van der Waals surface area contributed by atoms with Gasteiger partial charge in [-0.1, -0.05) is 41.2 Å². The molecule has 1 saturated heterocycles. The van der Waals surface area contributed by atoms with Crippen molar-refractivity contribution in [3.05, 3.63) is 59.7 Å². The average molecular weight is 357 g/mol. The van der Waals surface area contributed by atoms with Crippen LogP contribution in [0, 0.1) is 0 Å². The largest absolute Gasteiger partial charge is 0.411 e. The fraction of sp³-hybridized carbons (Fsp3) is 0.350. The van der Waals surface area contributed by atoms with Crippen molar-refractivity contribution in [3.8, 4) is 0 Å². The lowest BCUT2D eigenvalue weighted by Crippen LogP contribution is -2.28. The first-order valence-electron chi connectivity index (χ1n) is 8.23. The smallest absolute Gasteiger partial charge is 0.164 e. The van der Waals surface area contributed by atoms with Crippen molar-refractivity contribution in [3.63, 3.8) is 0 Å². The van der Waals surface area contributed by atoms with Gasteiger partial charge in [0.15, 0.2) is 5.79 Å². The van der Waals surface area contributed by atoms with Crippen molar-refractivity contribution in [1.82, 2.24) is 0 Å². The maximum atomic E-state index is 8.85. The molecule has 1 aliphatic rings. The monoisotopic (exact) mass is 357 g/mol. The van der Waals surface area contributed by atoms with E-state index in [2.05, 4.69) is 36.3 Å². The minimum absolute atomic E-state index is 0.432. The van der Waals surface area contributed by atoms with Crippen LogP contribution in [0.2, 0.25) is 0 Å². The van der Waals surface area contributed by atoms with Crippen molar-refractivity contribution < 1.29 is 14.7 Å². The molecule has 2 aromatic carbocycles. The molecular weight excluding hydrogens is 334 g/mol. The topological polar surface area (TPSA) is 51.1 Å². The van der Waals surface area contributed by atoms with Crippen LogP contribution < -0.4 is 0 Å². The van der Waals surface area contributed by atoms with Crippen LogP contribution in [-0.2, 0) is 15.1 Å². The number of nitrogens with zero attached hydrogens (tertiary/aromatic N) is 1. The van der Waals surface area contributed by atoms with Gasteiger partial charge in [-0.15, -0.1) is 0 Å². The molecule has 1 atom stereocenters. The summed E-state index contributed by atoms with van der Waals surface area (Å²) < 4.78 is 11.9. The molecule has 0 bridgehead atoms. The molecule has 1 aliphatic heterocycles. The summed E-state index contributed by atoms with van der Waals surface area (Å²) in [6.45, 7) is 8.27. The molecule has 5 heteroatoms. The molecule has 0 amide bonds. The molecule has 2 aromatic rings. The fourth-order valence-corrected chi connectivity index (χ4v) is 3.78. The third kappa shape index (κ3) is 4.06. The molecule has 4 nitrogen and oxygen atoms in total. The summed E-state index contributed by atoms with van der Waals surface area (Å²) in [5, 5.41) is 12.1. The number of oxime groups is 1. The van der Waals surface area contributed by atoms with Gasteiger partial charge in [0, 0.05) is 9.79 Å². The summed E-state index contributed by atoms with van der Waals surface area (Å²) in [4.78, 5) is 2.27. The van der Waals surface area contributed by atoms with Gasteiger partial charge in [-0.3, -0.25) is 0 Å². The molecular formula is C20H23NO3S. The summed E-state index contributed by atoms with van der Waals surface area (Å²) >= 11 is 1.69. The number of benzene rings is 2.